The second-order valence-corrected chi connectivity index (χ2v) is 8.45. The Bertz CT molecular complexity index is 459. The lowest BCUT2D eigenvalue weighted by molar-refractivity contribution is -0.127. The first-order valence-corrected chi connectivity index (χ1v) is 9.38. The van der Waals surface area contributed by atoms with Crippen molar-refractivity contribution in [3.63, 3.8) is 0 Å². The van der Waals surface area contributed by atoms with Crippen molar-refractivity contribution in [1.29, 1.82) is 0 Å². The summed E-state index contributed by atoms with van der Waals surface area (Å²) < 4.78 is 1.76. The second kappa shape index (κ2) is 8.44. The molecule has 1 amide bonds. The molecule has 0 atom stereocenters. The summed E-state index contributed by atoms with van der Waals surface area (Å²) >= 11 is 9.56. The van der Waals surface area contributed by atoms with Gasteiger partial charge in [0.2, 0.25) is 5.91 Å². The monoisotopic (exact) mass is 427 g/mol. The fraction of sp³-hybridized carbons (Fsp3) is 0.500. The van der Waals surface area contributed by atoms with Gasteiger partial charge >= 0.3 is 0 Å². The fourth-order valence-corrected chi connectivity index (χ4v) is 5.16. The van der Waals surface area contributed by atoms with E-state index >= 15 is 0 Å². The Balaban J connectivity index is 2.43. The third-order valence-corrected chi connectivity index (χ3v) is 5.79. The maximum Gasteiger partial charge on any atom is 0.232 e. The van der Waals surface area contributed by atoms with Crippen LogP contribution in [0.1, 0.15) is 24.2 Å². The van der Waals surface area contributed by atoms with Crippen LogP contribution in [0.5, 0.6) is 0 Å². The Labute approximate surface area is 138 Å². The van der Waals surface area contributed by atoms with Crippen molar-refractivity contribution in [3.8, 4) is 0 Å². The van der Waals surface area contributed by atoms with Crippen LogP contribution >= 0.6 is 55.0 Å². The average Bonchev–Trinajstić information content (AvgIpc) is 2.70. The van der Waals surface area contributed by atoms with Gasteiger partial charge in [0.15, 0.2) is 5.78 Å². The van der Waals surface area contributed by atoms with Crippen LogP contribution in [0.4, 0.5) is 0 Å². The van der Waals surface area contributed by atoms with Crippen LogP contribution < -0.4 is 0 Å². The van der Waals surface area contributed by atoms with Crippen molar-refractivity contribution >= 4 is 66.6 Å². The minimum Gasteiger partial charge on any atom is -0.343 e. The number of hydrogen-bond donors (Lipinski definition) is 0. The normalized spacial score (nSPS) is 10.5. The van der Waals surface area contributed by atoms with Crippen molar-refractivity contribution in [2.45, 2.75) is 13.8 Å². The summed E-state index contributed by atoms with van der Waals surface area (Å²) in [6.45, 7) is 5.34. The van der Waals surface area contributed by atoms with E-state index < -0.39 is 0 Å². The first-order chi connectivity index (χ1) is 8.99. The zero-order valence-electron chi connectivity index (χ0n) is 10.7. The summed E-state index contributed by atoms with van der Waals surface area (Å²) in [5.74, 6) is 0.824. The molecule has 0 aliphatic carbocycles. The third kappa shape index (κ3) is 5.21. The molecule has 0 unspecified atom stereocenters. The van der Waals surface area contributed by atoms with E-state index in [-0.39, 0.29) is 11.7 Å². The molecule has 0 aliphatic rings. The predicted molar refractivity (Wildman–Crippen MR) is 89.3 cm³/mol. The summed E-state index contributed by atoms with van der Waals surface area (Å²) in [5, 5.41) is 0. The number of Topliss-reactive ketones (excluding diaryl/α,β-unsaturated/α-hetero) is 1. The van der Waals surface area contributed by atoms with Crippen LogP contribution in [0.3, 0.4) is 0 Å². The number of carbonyl (C=O) groups excluding carboxylic acids is 2. The largest absolute Gasteiger partial charge is 0.343 e. The molecule has 0 fully saturated rings. The summed E-state index contributed by atoms with van der Waals surface area (Å²) in [4.78, 5) is 25.5. The minimum absolute atomic E-state index is 0.0474. The van der Waals surface area contributed by atoms with E-state index in [0.29, 0.717) is 30.2 Å². The van der Waals surface area contributed by atoms with Gasteiger partial charge in [0.25, 0.3) is 0 Å². The van der Waals surface area contributed by atoms with Gasteiger partial charge in [0.05, 0.1) is 19.1 Å². The van der Waals surface area contributed by atoms with E-state index in [4.69, 9.17) is 0 Å². The molecule has 0 spiro atoms. The smallest absolute Gasteiger partial charge is 0.232 e. The van der Waals surface area contributed by atoms with Gasteiger partial charge in [-0.05, 0) is 51.8 Å². The standard InChI is InChI=1S/C12H15Br2NO2S2/c1-3-15(4-2)11(17)7-18-6-9(16)8-5-10(13)19-12(8)14/h5H,3-4,6-7H2,1-2H3. The van der Waals surface area contributed by atoms with E-state index in [1.54, 1.807) is 4.90 Å². The molecule has 0 bridgehead atoms. The van der Waals surface area contributed by atoms with Gasteiger partial charge in [-0.3, -0.25) is 9.59 Å². The Morgan fingerprint density at radius 2 is 1.89 bits per heavy atom. The topological polar surface area (TPSA) is 37.4 Å². The number of rotatable bonds is 7. The lowest BCUT2D eigenvalue weighted by Crippen LogP contribution is -2.32. The van der Waals surface area contributed by atoms with Gasteiger partial charge in [-0.15, -0.1) is 23.1 Å². The molecule has 0 aliphatic heterocycles. The van der Waals surface area contributed by atoms with Crippen LogP contribution in [0.15, 0.2) is 13.6 Å². The molecule has 1 heterocycles. The molecular formula is C12H15Br2NO2S2. The summed E-state index contributed by atoms with van der Waals surface area (Å²) in [6, 6.07) is 1.81. The molecule has 0 saturated heterocycles. The number of carbonyl (C=O) groups is 2. The Morgan fingerprint density at radius 3 is 2.37 bits per heavy atom. The van der Waals surface area contributed by atoms with E-state index in [2.05, 4.69) is 31.9 Å². The van der Waals surface area contributed by atoms with Gasteiger partial charge in [0, 0.05) is 18.7 Å². The van der Waals surface area contributed by atoms with Gasteiger partial charge in [-0.25, -0.2) is 0 Å². The molecule has 106 valence electrons. The maximum absolute atomic E-state index is 12.0. The number of hydrogen-bond acceptors (Lipinski definition) is 4. The van der Waals surface area contributed by atoms with E-state index in [1.165, 1.54) is 23.1 Å². The fourth-order valence-electron chi connectivity index (χ4n) is 1.51. The van der Waals surface area contributed by atoms with Crippen LogP contribution in [-0.4, -0.2) is 41.2 Å². The number of nitrogens with zero attached hydrogens (tertiary/aromatic N) is 1. The van der Waals surface area contributed by atoms with Crippen LogP contribution in [0, 0.1) is 0 Å². The number of thiophene rings is 1. The molecule has 0 radical (unpaired) electrons. The highest BCUT2D eigenvalue weighted by Crippen LogP contribution is 2.32. The Kier molecular flexibility index (Phi) is 7.64. The summed E-state index contributed by atoms with van der Waals surface area (Å²) in [5.41, 5.74) is 0.680. The SMILES string of the molecule is CCN(CC)C(=O)CSCC(=O)c1cc(Br)sc1Br. The highest BCUT2D eigenvalue weighted by Gasteiger charge is 2.15. The van der Waals surface area contributed by atoms with Crippen molar-refractivity contribution < 1.29 is 9.59 Å². The predicted octanol–water partition coefficient (Wildman–Crippen LogP) is 4.06. The first-order valence-electron chi connectivity index (χ1n) is 5.83. The molecule has 19 heavy (non-hydrogen) atoms. The number of amides is 1. The zero-order chi connectivity index (χ0) is 14.4. The van der Waals surface area contributed by atoms with E-state index in [0.717, 1.165) is 7.57 Å². The summed E-state index contributed by atoms with van der Waals surface area (Å²) in [7, 11) is 0. The Morgan fingerprint density at radius 1 is 1.26 bits per heavy atom. The zero-order valence-corrected chi connectivity index (χ0v) is 15.5. The highest BCUT2D eigenvalue weighted by molar-refractivity contribution is 9.12. The maximum atomic E-state index is 12.0. The van der Waals surface area contributed by atoms with Crippen molar-refractivity contribution in [2.24, 2.45) is 0 Å². The number of thioether (sulfide) groups is 1. The first kappa shape index (κ1) is 17.2. The Hall–Kier alpha value is 0.150. The molecule has 1 rings (SSSR count). The lowest BCUT2D eigenvalue weighted by Gasteiger charge is -2.17. The molecule has 0 aromatic carbocycles. The van der Waals surface area contributed by atoms with Gasteiger partial charge in [-0.2, -0.15) is 0 Å². The van der Waals surface area contributed by atoms with Gasteiger partial charge in [-0.1, -0.05) is 0 Å². The molecule has 1 aromatic rings. The highest BCUT2D eigenvalue weighted by atomic mass is 79.9. The van der Waals surface area contributed by atoms with E-state index in [1.807, 2.05) is 19.9 Å². The van der Waals surface area contributed by atoms with E-state index in [9.17, 15) is 9.59 Å². The lowest BCUT2D eigenvalue weighted by atomic mass is 10.2. The molecule has 7 heteroatoms. The summed E-state index contributed by atoms with van der Waals surface area (Å²) in [6.07, 6.45) is 0. The average molecular weight is 429 g/mol. The molecule has 3 nitrogen and oxygen atoms in total. The minimum atomic E-state index is 0.0474. The van der Waals surface area contributed by atoms with Crippen molar-refractivity contribution in [2.75, 3.05) is 24.6 Å². The molecule has 0 N–H and O–H groups in total. The molecular weight excluding hydrogens is 414 g/mol. The second-order valence-electron chi connectivity index (χ2n) is 3.72. The molecule has 0 saturated carbocycles. The number of ketones is 1. The van der Waals surface area contributed by atoms with Crippen molar-refractivity contribution in [3.05, 3.63) is 19.2 Å². The number of halogens is 2. The van der Waals surface area contributed by atoms with Crippen LogP contribution in [0.2, 0.25) is 0 Å². The van der Waals surface area contributed by atoms with Gasteiger partial charge in [0.1, 0.15) is 0 Å². The third-order valence-electron chi connectivity index (χ3n) is 2.53. The van der Waals surface area contributed by atoms with Crippen LogP contribution in [0.25, 0.3) is 0 Å². The molecule has 1 aromatic heterocycles. The van der Waals surface area contributed by atoms with Crippen LogP contribution in [-0.2, 0) is 4.79 Å². The van der Waals surface area contributed by atoms with Crippen molar-refractivity contribution in [1.82, 2.24) is 4.90 Å². The quantitative estimate of drug-likeness (QED) is 0.614. The van der Waals surface area contributed by atoms with Gasteiger partial charge < -0.3 is 4.90 Å².